The van der Waals surface area contributed by atoms with Gasteiger partial charge >= 0.3 is 0 Å². The first kappa shape index (κ1) is 9.78. The van der Waals surface area contributed by atoms with Crippen molar-refractivity contribution >= 4 is 0 Å². The van der Waals surface area contributed by atoms with Crippen LogP contribution in [0.15, 0.2) is 12.2 Å². The fraction of sp³-hybridized carbons (Fsp3) is 0.818. The van der Waals surface area contributed by atoms with E-state index in [9.17, 15) is 5.21 Å². The fourth-order valence-corrected chi connectivity index (χ4v) is 4.14. The first-order valence-electron chi connectivity index (χ1n) is 5.77. The highest BCUT2D eigenvalue weighted by molar-refractivity contribution is 5.13. The summed E-state index contributed by atoms with van der Waals surface area (Å²) in [4.78, 5) is 4.19. The molecule has 2 bridgehead atoms. The van der Waals surface area contributed by atoms with Crippen LogP contribution < -0.4 is 5.90 Å². The van der Waals surface area contributed by atoms with Gasteiger partial charge in [-0.05, 0) is 48.9 Å². The molecule has 0 aliphatic heterocycles. The standard InChI is InChI=1S/C11H17N2O2/c12-15-13(14)6-8-4-7-5-11(8)10-3-1-2-9(7)10/h1-2,7-11H,3-6,12H2/q-1/t7-,8?,9?,10?,11?/m1/s1. The zero-order valence-corrected chi connectivity index (χ0v) is 8.71. The average Bonchev–Trinajstić information content (AvgIpc) is 2.87. The van der Waals surface area contributed by atoms with Crippen molar-refractivity contribution in [3.63, 3.8) is 0 Å². The Morgan fingerprint density at radius 3 is 3.07 bits per heavy atom. The topological polar surface area (TPSA) is 61.5 Å². The molecule has 4 heteroatoms. The first-order valence-corrected chi connectivity index (χ1v) is 5.77. The van der Waals surface area contributed by atoms with Gasteiger partial charge in [0.15, 0.2) is 0 Å². The second-order valence-electron chi connectivity index (χ2n) is 5.18. The maximum atomic E-state index is 11.1. The zero-order chi connectivity index (χ0) is 10.4. The molecular formula is C11H17N2O2-. The molecule has 0 aromatic carbocycles. The van der Waals surface area contributed by atoms with Crippen LogP contribution in [0.5, 0.6) is 0 Å². The second kappa shape index (κ2) is 3.56. The lowest BCUT2D eigenvalue weighted by Crippen LogP contribution is -2.34. The van der Waals surface area contributed by atoms with Crippen molar-refractivity contribution in [3.8, 4) is 0 Å². The van der Waals surface area contributed by atoms with E-state index >= 15 is 0 Å². The molecule has 4 nitrogen and oxygen atoms in total. The van der Waals surface area contributed by atoms with Crippen LogP contribution in [0.1, 0.15) is 19.3 Å². The summed E-state index contributed by atoms with van der Waals surface area (Å²) in [6, 6.07) is 0. The van der Waals surface area contributed by atoms with Crippen LogP contribution in [-0.4, -0.2) is 11.8 Å². The maximum absolute atomic E-state index is 11.1. The van der Waals surface area contributed by atoms with Gasteiger partial charge in [0.2, 0.25) is 0 Å². The van der Waals surface area contributed by atoms with Crippen molar-refractivity contribution < 1.29 is 4.94 Å². The van der Waals surface area contributed by atoms with Crippen LogP contribution >= 0.6 is 0 Å². The molecule has 0 amide bonds. The Kier molecular flexibility index (Phi) is 2.32. The largest absolute Gasteiger partial charge is 0.761 e. The number of allylic oxidation sites excluding steroid dienone is 2. The minimum Gasteiger partial charge on any atom is -0.761 e. The Morgan fingerprint density at radius 1 is 1.40 bits per heavy atom. The SMILES string of the molecule is NON([O-])CC1C[C@@H]2CC1C1CC=CC12. The molecule has 4 unspecified atom stereocenters. The Balaban J connectivity index is 1.67. The van der Waals surface area contributed by atoms with Crippen LogP contribution in [0.4, 0.5) is 0 Å². The quantitative estimate of drug-likeness (QED) is 0.564. The Labute approximate surface area is 89.6 Å². The van der Waals surface area contributed by atoms with Gasteiger partial charge in [0, 0.05) is 6.54 Å². The molecule has 0 aromatic heterocycles. The van der Waals surface area contributed by atoms with Gasteiger partial charge in [-0.3, -0.25) is 0 Å². The summed E-state index contributed by atoms with van der Waals surface area (Å²) in [5, 5.41) is 11.6. The lowest BCUT2D eigenvalue weighted by molar-refractivity contribution is -0.137. The highest BCUT2D eigenvalue weighted by Crippen LogP contribution is 2.58. The van der Waals surface area contributed by atoms with Gasteiger partial charge in [0.05, 0.1) is 0 Å². The van der Waals surface area contributed by atoms with Gasteiger partial charge in [-0.1, -0.05) is 12.2 Å². The number of hydrogen-bond donors (Lipinski definition) is 1. The van der Waals surface area contributed by atoms with Crippen molar-refractivity contribution in [2.24, 2.45) is 35.5 Å². The van der Waals surface area contributed by atoms with E-state index in [1.54, 1.807) is 0 Å². The van der Waals surface area contributed by atoms with Crippen molar-refractivity contribution in [1.29, 1.82) is 0 Å². The number of rotatable bonds is 3. The molecule has 0 saturated heterocycles. The maximum Gasteiger partial charge on any atom is 0.0156 e. The van der Waals surface area contributed by atoms with Crippen molar-refractivity contribution in [2.45, 2.75) is 19.3 Å². The third kappa shape index (κ3) is 1.44. The van der Waals surface area contributed by atoms with E-state index in [0.717, 1.165) is 23.7 Å². The van der Waals surface area contributed by atoms with E-state index in [1.807, 2.05) is 0 Å². The number of nitrogens with two attached hydrogens (primary N) is 1. The number of fused-ring (bicyclic) bond motifs is 5. The number of nitrogens with zero attached hydrogens (tertiary/aromatic N) is 1. The Bertz CT molecular complexity index is 282. The van der Waals surface area contributed by atoms with E-state index < -0.39 is 0 Å². The minimum absolute atomic E-state index is 0.445. The van der Waals surface area contributed by atoms with Crippen molar-refractivity contribution in [1.82, 2.24) is 5.23 Å². The van der Waals surface area contributed by atoms with Gasteiger partial charge < -0.3 is 5.21 Å². The van der Waals surface area contributed by atoms with Crippen LogP contribution in [-0.2, 0) is 4.94 Å². The normalized spacial score (nSPS) is 46.7. The van der Waals surface area contributed by atoms with E-state index in [0.29, 0.717) is 17.7 Å². The molecule has 0 heterocycles. The fourth-order valence-electron chi connectivity index (χ4n) is 4.14. The Hall–Kier alpha value is -0.420. The molecule has 84 valence electrons. The second-order valence-corrected chi connectivity index (χ2v) is 5.18. The predicted molar refractivity (Wildman–Crippen MR) is 55.8 cm³/mol. The highest BCUT2D eigenvalue weighted by atomic mass is 16.9. The molecule has 3 rings (SSSR count). The third-order valence-electron chi connectivity index (χ3n) is 4.64. The van der Waals surface area contributed by atoms with Gasteiger partial charge in [-0.2, -0.15) is 5.90 Å². The third-order valence-corrected chi connectivity index (χ3v) is 4.64. The zero-order valence-electron chi connectivity index (χ0n) is 8.71. The van der Waals surface area contributed by atoms with Gasteiger partial charge in [-0.25, -0.2) is 10.2 Å². The lowest BCUT2D eigenvalue weighted by atomic mass is 9.75. The first-order chi connectivity index (χ1) is 7.29. The summed E-state index contributed by atoms with van der Waals surface area (Å²) >= 11 is 0. The predicted octanol–water partition coefficient (Wildman–Crippen LogP) is 1.44. The smallest absolute Gasteiger partial charge is 0.0156 e. The van der Waals surface area contributed by atoms with Crippen LogP contribution in [0, 0.1) is 34.8 Å². The molecule has 2 N–H and O–H groups in total. The van der Waals surface area contributed by atoms with Gasteiger partial charge in [-0.15, -0.1) is 0 Å². The van der Waals surface area contributed by atoms with Crippen LogP contribution in [0.25, 0.3) is 0 Å². The van der Waals surface area contributed by atoms with E-state index in [4.69, 9.17) is 5.90 Å². The number of hydrogen-bond acceptors (Lipinski definition) is 4. The molecule has 0 aromatic rings. The van der Waals surface area contributed by atoms with Gasteiger partial charge in [0.25, 0.3) is 0 Å². The molecule has 15 heavy (non-hydrogen) atoms. The number of hydroxylamine groups is 2. The summed E-state index contributed by atoms with van der Waals surface area (Å²) in [6.07, 6.45) is 8.40. The van der Waals surface area contributed by atoms with Gasteiger partial charge in [0.1, 0.15) is 0 Å². The monoisotopic (exact) mass is 209 g/mol. The summed E-state index contributed by atoms with van der Waals surface area (Å²) in [7, 11) is 0. The molecule has 2 saturated carbocycles. The highest BCUT2D eigenvalue weighted by Gasteiger charge is 2.52. The molecule has 3 aliphatic carbocycles. The summed E-state index contributed by atoms with van der Waals surface area (Å²) in [5.74, 6) is 8.51. The van der Waals surface area contributed by atoms with E-state index in [1.165, 1.54) is 19.3 Å². The minimum atomic E-state index is 0.445. The molecule has 5 atom stereocenters. The summed E-state index contributed by atoms with van der Waals surface area (Å²) in [5.41, 5.74) is 0. The molecule has 2 fully saturated rings. The van der Waals surface area contributed by atoms with Crippen LogP contribution in [0.2, 0.25) is 0 Å². The Morgan fingerprint density at radius 2 is 2.27 bits per heavy atom. The van der Waals surface area contributed by atoms with E-state index in [-0.39, 0.29) is 0 Å². The van der Waals surface area contributed by atoms with Crippen LogP contribution in [0.3, 0.4) is 0 Å². The van der Waals surface area contributed by atoms with E-state index in [2.05, 4.69) is 17.1 Å². The molecule has 0 spiro atoms. The summed E-state index contributed by atoms with van der Waals surface area (Å²) < 4.78 is 0. The summed E-state index contributed by atoms with van der Waals surface area (Å²) in [6.45, 7) is 0.445. The average molecular weight is 209 g/mol. The molecular weight excluding hydrogens is 192 g/mol. The molecule has 0 radical (unpaired) electrons. The lowest BCUT2D eigenvalue weighted by Gasteiger charge is -2.35. The molecule has 3 aliphatic rings. The van der Waals surface area contributed by atoms with Crippen molar-refractivity contribution in [3.05, 3.63) is 17.4 Å². The van der Waals surface area contributed by atoms with Crippen molar-refractivity contribution in [2.75, 3.05) is 6.54 Å².